The molecule has 5 N–H and O–H groups in total. The Morgan fingerprint density at radius 3 is 2.81 bits per heavy atom. The molecule has 9 heteroatoms. The number of hydrogen-bond donors (Lipinski definition) is 4. The monoisotopic (exact) mass is 360 g/mol. The second-order valence-electron chi connectivity index (χ2n) is 6.55. The normalized spacial score (nSPS) is 28.6. The van der Waals surface area contributed by atoms with Crippen LogP contribution in [0.3, 0.4) is 0 Å². The fourth-order valence-electron chi connectivity index (χ4n) is 3.14. The molecule has 1 aliphatic rings. The highest BCUT2D eigenvalue weighted by atomic mass is 16.6. The molecule has 3 heterocycles. The fourth-order valence-corrected chi connectivity index (χ4v) is 3.14. The maximum Gasteiger partial charge on any atom is 0.199 e. The second-order valence-corrected chi connectivity index (χ2v) is 6.55. The first-order valence-electron chi connectivity index (χ1n) is 8.06. The molecule has 0 bridgehead atoms. The van der Waals surface area contributed by atoms with E-state index < -0.39 is 30.6 Å². The van der Waals surface area contributed by atoms with Gasteiger partial charge in [0.25, 0.3) is 0 Å². The lowest BCUT2D eigenvalue weighted by Crippen LogP contribution is -2.45. The van der Waals surface area contributed by atoms with Gasteiger partial charge in [-0.1, -0.05) is 19.8 Å². The summed E-state index contributed by atoms with van der Waals surface area (Å²) in [5.41, 5.74) is 4.30. The number of ketones is 1. The molecule has 0 radical (unpaired) electrons. The lowest BCUT2D eigenvalue weighted by Gasteiger charge is -2.26. The van der Waals surface area contributed by atoms with Gasteiger partial charge in [-0.25, -0.2) is 9.97 Å². The van der Waals surface area contributed by atoms with Gasteiger partial charge in [0, 0.05) is 17.7 Å². The average molecular weight is 360 g/mol. The van der Waals surface area contributed by atoms with Crippen LogP contribution in [0.2, 0.25) is 0 Å². The van der Waals surface area contributed by atoms with Crippen LogP contribution in [0.1, 0.15) is 30.4 Å². The molecule has 2 aromatic heterocycles. The summed E-state index contributed by atoms with van der Waals surface area (Å²) in [4.78, 5) is 20.7. The number of carbonyl (C=O) groups excluding carboxylic acids is 1. The van der Waals surface area contributed by atoms with E-state index in [1.807, 2.05) is 0 Å². The maximum absolute atomic E-state index is 12.6. The molecule has 3 rings (SSSR count). The zero-order valence-electron chi connectivity index (χ0n) is 14.3. The largest absolute Gasteiger partial charge is 0.394 e. The van der Waals surface area contributed by atoms with Crippen LogP contribution >= 0.6 is 0 Å². The Balaban J connectivity index is 2.25. The highest BCUT2D eigenvalue weighted by Crippen LogP contribution is 2.41. The number of rotatable bonds is 4. The predicted octanol–water partition coefficient (Wildman–Crippen LogP) is -0.533. The van der Waals surface area contributed by atoms with Crippen molar-refractivity contribution >= 4 is 22.6 Å². The third kappa shape index (κ3) is 2.47. The molecular formula is C17H20N4O5. The molecule has 1 saturated heterocycles. The summed E-state index contributed by atoms with van der Waals surface area (Å²) in [6, 6.07) is 0. The molecule has 4 atom stereocenters. The first-order chi connectivity index (χ1) is 12.3. The molecule has 0 unspecified atom stereocenters. The lowest BCUT2D eigenvalue weighted by atomic mass is 9.95. The average Bonchev–Trinajstić information content (AvgIpc) is 3.12. The van der Waals surface area contributed by atoms with E-state index >= 15 is 0 Å². The van der Waals surface area contributed by atoms with E-state index in [0.717, 1.165) is 0 Å². The summed E-state index contributed by atoms with van der Waals surface area (Å²) in [5, 5.41) is 30.7. The third-order valence-corrected chi connectivity index (χ3v) is 4.58. The molecule has 0 aliphatic carbocycles. The quantitative estimate of drug-likeness (QED) is 0.421. The summed E-state index contributed by atoms with van der Waals surface area (Å²) in [7, 11) is 0. The third-order valence-electron chi connectivity index (χ3n) is 4.58. The lowest BCUT2D eigenvalue weighted by molar-refractivity contribution is -0.0718. The van der Waals surface area contributed by atoms with Crippen LogP contribution in [0.15, 0.2) is 12.5 Å². The molecule has 2 aromatic rings. The number of fused-ring (bicyclic) bond motifs is 1. The highest BCUT2D eigenvalue weighted by molar-refractivity contribution is 6.11. The SMILES string of the molecule is C#C[C@]1(O)[C@H](O)[C@@H](CO)O[C@H]1n1cc(C(=O)C(C)C)c2c(N)ncnc21. The van der Waals surface area contributed by atoms with Crippen molar-refractivity contribution in [2.75, 3.05) is 12.3 Å². The predicted molar refractivity (Wildman–Crippen MR) is 91.9 cm³/mol. The standard InChI is InChI=1S/C17H20N4O5/c1-4-17(25)13(24)10(6-22)26-16(17)21-5-9(12(23)8(2)3)11-14(18)19-7-20-15(11)21/h1,5,7-8,10,13,16,22,24-25H,6H2,2-3H3,(H2,18,19,20)/t10-,13-,16-,17+/m1/s1. The van der Waals surface area contributed by atoms with Crippen LogP contribution in [0.25, 0.3) is 11.0 Å². The van der Waals surface area contributed by atoms with Crippen LogP contribution in [0.5, 0.6) is 0 Å². The fraction of sp³-hybridized carbons (Fsp3) is 0.471. The summed E-state index contributed by atoms with van der Waals surface area (Å²) in [6.07, 6.45) is 4.18. The van der Waals surface area contributed by atoms with Gasteiger partial charge >= 0.3 is 0 Å². The minimum Gasteiger partial charge on any atom is -0.394 e. The number of ether oxygens (including phenoxy) is 1. The number of Topliss-reactive ketones (excluding diaryl/α,β-unsaturated/α-hetero) is 1. The minimum absolute atomic E-state index is 0.0965. The first kappa shape index (κ1) is 18.3. The number of hydrogen-bond acceptors (Lipinski definition) is 8. The number of terminal acetylenes is 1. The number of carbonyl (C=O) groups is 1. The van der Waals surface area contributed by atoms with E-state index in [1.165, 1.54) is 17.1 Å². The molecule has 0 aromatic carbocycles. The van der Waals surface area contributed by atoms with E-state index in [2.05, 4.69) is 15.9 Å². The van der Waals surface area contributed by atoms with Crippen molar-refractivity contribution in [2.24, 2.45) is 5.92 Å². The summed E-state index contributed by atoms with van der Waals surface area (Å²) in [6.45, 7) is 2.93. The van der Waals surface area contributed by atoms with Gasteiger partial charge in [-0.05, 0) is 0 Å². The van der Waals surface area contributed by atoms with E-state index in [0.29, 0.717) is 5.39 Å². The Hall–Kier alpha value is -2.51. The number of nitrogen functional groups attached to an aromatic ring is 1. The molecule has 9 nitrogen and oxygen atoms in total. The molecule has 138 valence electrons. The Morgan fingerprint density at radius 1 is 1.54 bits per heavy atom. The van der Waals surface area contributed by atoms with Gasteiger partial charge in [-0.2, -0.15) is 0 Å². The summed E-state index contributed by atoms with van der Waals surface area (Å²) >= 11 is 0. The van der Waals surface area contributed by atoms with E-state index in [9.17, 15) is 20.1 Å². The Labute approximate surface area is 149 Å². The number of nitrogens with zero attached hydrogens (tertiary/aromatic N) is 3. The van der Waals surface area contributed by atoms with Crippen molar-refractivity contribution in [2.45, 2.75) is 37.9 Å². The number of anilines is 1. The molecule has 0 saturated carbocycles. The minimum atomic E-state index is -2.13. The number of aliphatic hydroxyl groups is 3. The Bertz CT molecular complexity index is 902. The zero-order chi connectivity index (χ0) is 19.2. The van der Waals surface area contributed by atoms with Crippen molar-refractivity contribution in [1.82, 2.24) is 14.5 Å². The van der Waals surface area contributed by atoms with Gasteiger partial charge in [0.15, 0.2) is 17.6 Å². The van der Waals surface area contributed by atoms with Crippen LogP contribution in [-0.2, 0) is 4.74 Å². The smallest absolute Gasteiger partial charge is 0.199 e. The number of aliphatic hydroxyl groups excluding tert-OH is 2. The first-order valence-corrected chi connectivity index (χ1v) is 8.06. The Morgan fingerprint density at radius 2 is 2.23 bits per heavy atom. The zero-order valence-corrected chi connectivity index (χ0v) is 14.3. The summed E-state index contributed by atoms with van der Waals surface area (Å²) in [5.74, 6) is 1.71. The van der Waals surface area contributed by atoms with Crippen molar-refractivity contribution in [3.8, 4) is 12.3 Å². The van der Waals surface area contributed by atoms with Crippen LogP contribution < -0.4 is 5.73 Å². The molecule has 0 amide bonds. The van der Waals surface area contributed by atoms with Gasteiger partial charge in [0.2, 0.25) is 0 Å². The molecule has 0 spiro atoms. The molecular weight excluding hydrogens is 340 g/mol. The topological polar surface area (TPSA) is 144 Å². The Kier molecular flexibility index (Phi) is 4.46. The van der Waals surface area contributed by atoms with E-state index in [-0.39, 0.29) is 28.7 Å². The summed E-state index contributed by atoms with van der Waals surface area (Å²) < 4.78 is 6.92. The van der Waals surface area contributed by atoms with Crippen LogP contribution in [0, 0.1) is 18.3 Å². The van der Waals surface area contributed by atoms with Crippen LogP contribution in [0.4, 0.5) is 5.82 Å². The van der Waals surface area contributed by atoms with Crippen molar-refractivity contribution in [3.63, 3.8) is 0 Å². The van der Waals surface area contributed by atoms with Crippen LogP contribution in [-0.4, -0.2) is 60.1 Å². The van der Waals surface area contributed by atoms with Gasteiger partial charge in [0.05, 0.1) is 12.0 Å². The van der Waals surface area contributed by atoms with E-state index in [1.54, 1.807) is 13.8 Å². The van der Waals surface area contributed by atoms with Gasteiger partial charge in [0.1, 0.15) is 30.0 Å². The highest BCUT2D eigenvalue weighted by Gasteiger charge is 2.55. The van der Waals surface area contributed by atoms with Crippen molar-refractivity contribution in [1.29, 1.82) is 0 Å². The molecule has 1 fully saturated rings. The van der Waals surface area contributed by atoms with Gasteiger partial charge in [-0.3, -0.25) is 4.79 Å². The van der Waals surface area contributed by atoms with Crippen molar-refractivity contribution < 1.29 is 24.9 Å². The maximum atomic E-state index is 12.6. The van der Waals surface area contributed by atoms with Crippen molar-refractivity contribution in [3.05, 3.63) is 18.1 Å². The molecule has 26 heavy (non-hydrogen) atoms. The van der Waals surface area contributed by atoms with E-state index in [4.69, 9.17) is 16.9 Å². The van der Waals surface area contributed by atoms with Gasteiger partial charge in [-0.15, -0.1) is 6.42 Å². The number of nitrogens with two attached hydrogens (primary N) is 1. The second kappa shape index (κ2) is 6.34. The van der Waals surface area contributed by atoms with Gasteiger partial charge < -0.3 is 30.4 Å². The molecule has 1 aliphatic heterocycles. The number of aromatic nitrogens is 3.